The first-order chi connectivity index (χ1) is 9.47. The van der Waals surface area contributed by atoms with E-state index in [2.05, 4.69) is 5.32 Å². The molecule has 0 atom stereocenters. The van der Waals surface area contributed by atoms with Gasteiger partial charge < -0.3 is 19.5 Å². The van der Waals surface area contributed by atoms with E-state index in [4.69, 9.17) is 14.2 Å². The summed E-state index contributed by atoms with van der Waals surface area (Å²) < 4.78 is 15.1. The summed E-state index contributed by atoms with van der Waals surface area (Å²) in [6, 6.07) is 4.76. The van der Waals surface area contributed by atoms with E-state index in [1.807, 2.05) is 0 Å². The van der Waals surface area contributed by atoms with E-state index in [0.717, 1.165) is 0 Å². The van der Waals surface area contributed by atoms with E-state index in [0.29, 0.717) is 17.1 Å². The molecule has 0 saturated carbocycles. The first-order valence-electron chi connectivity index (χ1n) is 6.17. The van der Waals surface area contributed by atoms with Gasteiger partial charge in [-0.05, 0) is 32.0 Å². The maximum atomic E-state index is 11.9. The molecule has 110 valence electrons. The number of carbonyl (C=O) groups excluding carboxylic acids is 2. The van der Waals surface area contributed by atoms with Crippen LogP contribution in [0.25, 0.3) is 0 Å². The normalized spacial score (nSPS) is 10.1. The standard InChI is InChI=1S/C14H19NO5/c1-9(2)20-13(16)8-15-14(17)10-5-6-11(18-3)12(7-10)19-4/h5-7,9H,8H2,1-4H3,(H,15,17). The molecule has 20 heavy (non-hydrogen) atoms. The average molecular weight is 281 g/mol. The Kier molecular flexibility index (Phi) is 5.83. The van der Waals surface area contributed by atoms with Gasteiger partial charge in [0.05, 0.1) is 20.3 Å². The second kappa shape index (κ2) is 7.37. The maximum absolute atomic E-state index is 11.9. The molecular formula is C14H19NO5. The van der Waals surface area contributed by atoms with Gasteiger partial charge in [-0.1, -0.05) is 0 Å². The van der Waals surface area contributed by atoms with Crippen LogP contribution >= 0.6 is 0 Å². The summed E-state index contributed by atoms with van der Waals surface area (Å²) in [4.78, 5) is 23.2. The van der Waals surface area contributed by atoms with Gasteiger partial charge in [-0.3, -0.25) is 9.59 Å². The number of benzene rings is 1. The summed E-state index contributed by atoms with van der Waals surface area (Å²) in [7, 11) is 3.00. The lowest BCUT2D eigenvalue weighted by molar-refractivity contribution is -0.146. The number of nitrogens with one attached hydrogen (secondary N) is 1. The molecule has 0 fully saturated rings. The van der Waals surface area contributed by atoms with Crippen molar-refractivity contribution in [2.75, 3.05) is 20.8 Å². The predicted molar refractivity (Wildman–Crippen MR) is 73.1 cm³/mol. The van der Waals surface area contributed by atoms with E-state index in [-0.39, 0.29) is 18.6 Å². The van der Waals surface area contributed by atoms with Crippen molar-refractivity contribution in [1.29, 1.82) is 0 Å². The largest absolute Gasteiger partial charge is 0.493 e. The van der Waals surface area contributed by atoms with Crippen molar-refractivity contribution in [3.05, 3.63) is 23.8 Å². The van der Waals surface area contributed by atoms with Gasteiger partial charge in [0.2, 0.25) is 0 Å². The highest BCUT2D eigenvalue weighted by molar-refractivity contribution is 5.96. The molecule has 0 spiro atoms. The lowest BCUT2D eigenvalue weighted by Gasteiger charge is -2.11. The Balaban J connectivity index is 2.66. The van der Waals surface area contributed by atoms with Gasteiger partial charge in [0.25, 0.3) is 5.91 Å². The molecule has 1 N–H and O–H groups in total. The molecule has 0 radical (unpaired) electrons. The molecule has 0 heterocycles. The Morgan fingerprint density at radius 3 is 2.35 bits per heavy atom. The van der Waals surface area contributed by atoms with Crippen LogP contribution in [0, 0.1) is 0 Å². The fourth-order valence-corrected chi connectivity index (χ4v) is 1.54. The zero-order valence-corrected chi connectivity index (χ0v) is 12.1. The first kappa shape index (κ1) is 15.8. The molecule has 1 amide bonds. The number of carbonyl (C=O) groups is 2. The van der Waals surface area contributed by atoms with Crippen LogP contribution in [0.1, 0.15) is 24.2 Å². The summed E-state index contributed by atoms with van der Waals surface area (Å²) in [5.74, 6) is 0.119. The van der Waals surface area contributed by atoms with Crippen molar-refractivity contribution in [3.8, 4) is 11.5 Å². The van der Waals surface area contributed by atoms with Gasteiger partial charge in [0.1, 0.15) is 6.54 Å². The summed E-state index contributed by atoms with van der Waals surface area (Å²) in [6.45, 7) is 3.31. The highest BCUT2D eigenvalue weighted by atomic mass is 16.5. The molecule has 6 heteroatoms. The molecular weight excluding hydrogens is 262 g/mol. The van der Waals surface area contributed by atoms with E-state index >= 15 is 0 Å². The molecule has 0 aliphatic heterocycles. The number of methoxy groups -OCH3 is 2. The molecule has 1 aromatic rings. The second-order valence-corrected chi connectivity index (χ2v) is 4.29. The van der Waals surface area contributed by atoms with Crippen LogP contribution in [0.2, 0.25) is 0 Å². The third kappa shape index (κ3) is 4.46. The van der Waals surface area contributed by atoms with Crippen molar-refractivity contribution in [3.63, 3.8) is 0 Å². The lowest BCUT2D eigenvalue weighted by Crippen LogP contribution is -2.31. The fraction of sp³-hybridized carbons (Fsp3) is 0.429. The maximum Gasteiger partial charge on any atom is 0.325 e. The SMILES string of the molecule is COc1ccc(C(=O)NCC(=O)OC(C)C)cc1OC. The van der Waals surface area contributed by atoms with Crippen LogP contribution in [0.4, 0.5) is 0 Å². The molecule has 1 rings (SSSR count). The van der Waals surface area contributed by atoms with Crippen molar-refractivity contribution >= 4 is 11.9 Å². The summed E-state index contributed by atoms with van der Waals surface area (Å²) in [5, 5.41) is 2.48. The topological polar surface area (TPSA) is 73.9 Å². The molecule has 0 aliphatic carbocycles. The predicted octanol–water partition coefficient (Wildman–Crippen LogP) is 1.39. The van der Waals surface area contributed by atoms with Crippen LogP contribution in [0.3, 0.4) is 0 Å². The lowest BCUT2D eigenvalue weighted by atomic mass is 10.2. The Morgan fingerprint density at radius 2 is 1.80 bits per heavy atom. The Bertz CT molecular complexity index is 484. The van der Waals surface area contributed by atoms with Gasteiger partial charge in [-0.25, -0.2) is 0 Å². The molecule has 0 saturated heterocycles. The van der Waals surface area contributed by atoms with Crippen LogP contribution in [-0.2, 0) is 9.53 Å². The second-order valence-electron chi connectivity index (χ2n) is 4.29. The quantitative estimate of drug-likeness (QED) is 0.797. The Hall–Kier alpha value is -2.24. The molecule has 0 bridgehead atoms. The minimum atomic E-state index is -0.478. The summed E-state index contributed by atoms with van der Waals surface area (Å²) >= 11 is 0. The van der Waals surface area contributed by atoms with Crippen LogP contribution in [-0.4, -0.2) is 38.7 Å². The summed E-state index contributed by atoms with van der Waals surface area (Å²) in [6.07, 6.45) is -0.208. The van der Waals surface area contributed by atoms with Gasteiger partial charge in [0, 0.05) is 5.56 Å². The van der Waals surface area contributed by atoms with Crippen LogP contribution < -0.4 is 14.8 Å². The van der Waals surface area contributed by atoms with Crippen molar-refractivity contribution in [2.24, 2.45) is 0 Å². The molecule has 6 nitrogen and oxygen atoms in total. The zero-order valence-electron chi connectivity index (χ0n) is 12.1. The number of hydrogen-bond donors (Lipinski definition) is 1. The average Bonchev–Trinajstić information content (AvgIpc) is 2.43. The molecule has 0 unspecified atom stereocenters. The molecule has 0 aliphatic rings. The van der Waals surface area contributed by atoms with E-state index in [1.54, 1.807) is 32.0 Å². The van der Waals surface area contributed by atoms with Crippen LogP contribution in [0.15, 0.2) is 18.2 Å². The summed E-state index contributed by atoms with van der Waals surface area (Å²) in [5.41, 5.74) is 0.375. The van der Waals surface area contributed by atoms with E-state index in [9.17, 15) is 9.59 Å². The Morgan fingerprint density at radius 1 is 1.15 bits per heavy atom. The number of amides is 1. The van der Waals surface area contributed by atoms with E-state index in [1.165, 1.54) is 14.2 Å². The fourth-order valence-electron chi connectivity index (χ4n) is 1.54. The van der Waals surface area contributed by atoms with Gasteiger partial charge in [-0.15, -0.1) is 0 Å². The highest BCUT2D eigenvalue weighted by Gasteiger charge is 2.12. The van der Waals surface area contributed by atoms with E-state index < -0.39 is 5.97 Å². The zero-order chi connectivity index (χ0) is 15.1. The molecule has 1 aromatic carbocycles. The van der Waals surface area contributed by atoms with Crippen molar-refractivity contribution in [1.82, 2.24) is 5.32 Å². The minimum Gasteiger partial charge on any atom is -0.493 e. The van der Waals surface area contributed by atoms with Crippen molar-refractivity contribution in [2.45, 2.75) is 20.0 Å². The Labute approximate surface area is 118 Å². The number of esters is 1. The van der Waals surface area contributed by atoms with Gasteiger partial charge in [0.15, 0.2) is 11.5 Å². The van der Waals surface area contributed by atoms with Gasteiger partial charge in [-0.2, -0.15) is 0 Å². The molecule has 0 aromatic heterocycles. The third-order valence-electron chi connectivity index (χ3n) is 2.41. The highest BCUT2D eigenvalue weighted by Crippen LogP contribution is 2.27. The first-order valence-corrected chi connectivity index (χ1v) is 6.17. The number of rotatable bonds is 6. The number of ether oxygens (including phenoxy) is 3. The number of hydrogen-bond acceptors (Lipinski definition) is 5. The third-order valence-corrected chi connectivity index (χ3v) is 2.41. The minimum absolute atomic E-state index is 0.175. The van der Waals surface area contributed by atoms with Crippen molar-refractivity contribution < 1.29 is 23.8 Å². The smallest absolute Gasteiger partial charge is 0.325 e. The van der Waals surface area contributed by atoms with Crippen LogP contribution in [0.5, 0.6) is 11.5 Å². The van der Waals surface area contributed by atoms with Gasteiger partial charge >= 0.3 is 5.97 Å². The monoisotopic (exact) mass is 281 g/mol.